The number of carbonyl (C=O) groups excluding carboxylic acids is 1. The number of unbranched alkanes of at least 4 members (excludes halogenated alkanes) is 1. The summed E-state index contributed by atoms with van der Waals surface area (Å²) in [5, 5.41) is 11.0. The lowest BCUT2D eigenvalue weighted by Crippen LogP contribution is -2.65. The van der Waals surface area contributed by atoms with E-state index in [1.807, 2.05) is 0 Å². The van der Waals surface area contributed by atoms with E-state index in [9.17, 15) is 9.90 Å². The first-order valence-electron chi connectivity index (χ1n) is 15.7. The molecule has 4 fully saturated rings. The second kappa shape index (κ2) is 8.84. The van der Waals surface area contributed by atoms with Gasteiger partial charge >= 0.3 is 5.97 Å². The van der Waals surface area contributed by atoms with Gasteiger partial charge in [-0.3, -0.25) is 4.79 Å². The Balaban J connectivity index is 1.54. The largest absolute Gasteiger partial charge is 0.465 e. The van der Waals surface area contributed by atoms with Crippen molar-refractivity contribution in [3.8, 4) is 0 Å². The lowest BCUT2D eigenvalue weighted by molar-refractivity contribution is -0.206. The molecule has 4 saturated carbocycles. The summed E-state index contributed by atoms with van der Waals surface area (Å²) < 4.78 is 6.02. The quantitative estimate of drug-likeness (QED) is 0.233. The van der Waals surface area contributed by atoms with E-state index in [4.69, 9.17) is 4.74 Å². The van der Waals surface area contributed by atoms with Crippen LogP contribution in [0.2, 0.25) is 0 Å². The Morgan fingerprint density at radius 2 is 1.65 bits per heavy atom. The fourth-order valence-corrected chi connectivity index (χ4v) is 11.1. The number of hydrogen-bond acceptors (Lipinski definition) is 3. The van der Waals surface area contributed by atoms with Crippen molar-refractivity contribution >= 4 is 5.97 Å². The Labute approximate surface area is 227 Å². The number of esters is 1. The number of rotatable bonds is 4. The third-order valence-electron chi connectivity index (χ3n) is 13.8. The molecular weight excluding hydrogens is 456 g/mol. The van der Waals surface area contributed by atoms with Crippen LogP contribution in [0.15, 0.2) is 11.6 Å². The van der Waals surface area contributed by atoms with Gasteiger partial charge in [0.2, 0.25) is 0 Å². The molecule has 0 bridgehead atoms. The topological polar surface area (TPSA) is 46.5 Å². The zero-order valence-electron chi connectivity index (χ0n) is 25.3. The predicted octanol–water partition coefficient (Wildman–Crippen LogP) is 8.49. The fraction of sp³-hybridized carbons (Fsp3) is 0.912. The number of aliphatic hydroxyl groups excluding tert-OH is 1. The minimum absolute atomic E-state index is 0.0173. The van der Waals surface area contributed by atoms with Crippen LogP contribution in [-0.2, 0) is 9.53 Å². The minimum atomic E-state index is -0.324. The summed E-state index contributed by atoms with van der Waals surface area (Å²) in [6.45, 7) is 20.0. The molecule has 0 aliphatic heterocycles. The van der Waals surface area contributed by atoms with Gasteiger partial charge in [-0.2, -0.15) is 0 Å². The maximum atomic E-state index is 13.8. The Morgan fingerprint density at radius 1 is 0.946 bits per heavy atom. The third-order valence-corrected chi connectivity index (χ3v) is 13.8. The summed E-state index contributed by atoms with van der Waals surface area (Å²) >= 11 is 0. The molecule has 0 aromatic rings. The zero-order valence-corrected chi connectivity index (χ0v) is 25.3. The highest BCUT2D eigenvalue weighted by atomic mass is 16.5. The van der Waals surface area contributed by atoms with Crippen molar-refractivity contribution in [1.82, 2.24) is 0 Å². The standard InChI is InChI=1S/C34H56O3/c1-9-10-21-37-28(36)34-19-17-29(2,3)22-24(34)23-11-12-26-31(6)15-14-27(35)30(4,5)25(31)13-16-33(26,8)32(23,7)18-20-34/h11,24-27,35H,9-10,12-22H2,1-8H3/t24-,25-,26?,27-,31-,32+,33+,34-/m0/s1. The molecule has 5 aliphatic carbocycles. The molecule has 37 heavy (non-hydrogen) atoms. The molecule has 3 nitrogen and oxygen atoms in total. The van der Waals surface area contributed by atoms with Crippen LogP contribution in [0.1, 0.15) is 132 Å². The molecule has 210 valence electrons. The van der Waals surface area contributed by atoms with Gasteiger partial charge in [0.15, 0.2) is 0 Å². The molecule has 1 N–H and O–H groups in total. The summed E-state index contributed by atoms with van der Waals surface area (Å²) in [6, 6.07) is 0. The van der Waals surface area contributed by atoms with Crippen molar-refractivity contribution < 1.29 is 14.6 Å². The summed E-state index contributed by atoms with van der Waals surface area (Å²) in [5.74, 6) is 1.64. The van der Waals surface area contributed by atoms with Crippen LogP contribution in [0.25, 0.3) is 0 Å². The molecule has 0 radical (unpaired) electrons. The SMILES string of the molecule is CCCCOC(=O)[C@]12CCC(C)(C)C[C@H]1C1=CCC3[C@@]4(C)CC[C@H](O)C(C)(C)[C@@H]4CC[C@@]3(C)[C@]1(C)CC2. The van der Waals surface area contributed by atoms with Crippen molar-refractivity contribution in [2.75, 3.05) is 6.61 Å². The Kier molecular flexibility index (Phi) is 6.62. The van der Waals surface area contributed by atoms with Gasteiger partial charge in [0, 0.05) is 0 Å². The first kappa shape index (κ1) is 27.7. The molecule has 0 spiro atoms. The number of allylic oxidation sites excluding steroid dienone is 2. The Hall–Kier alpha value is -0.830. The van der Waals surface area contributed by atoms with Crippen LogP contribution in [0.4, 0.5) is 0 Å². The maximum Gasteiger partial charge on any atom is 0.312 e. The van der Waals surface area contributed by atoms with Gasteiger partial charge in [0.1, 0.15) is 0 Å². The molecule has 0 aromatic carbocycles. The van der Waals surface area contributed by atoms with Gasteiger partial charge in [-0.25, -0.2) is 0 Å². The highest BCUT2D eigenvalue weighted by molar-refractivity contribution is 5.78. The van der Waals surface area contributed by atoms with Crippen LogP contribution < -0.4 is 0 Å². The van der Waals surface area contributed by atoms with Crippen molar-refractivity contribution in [2.24, 2.45) is 50.2 Å². The second-order valence-corrected chi connectivity index (χ2v) is 16.2. The average molecular weight is 513 g/mol. The summed E-state index contributed by atoms with van der Waals surface area (Å²) in [6.07, 6.45) is 15.5. The van der Waals surface area contributed by atoms with Gasteiger partial charge in [-0.05, 0) is 115 Å². The van der Waals surface area contributed by atoms with E-state index < -0.39 is 0 Å². The van der Waals surface area contributed by atoms with Gasteiger partial charge in [0.25, 0.3) is 0 Å². The minimum Gasteiger partial charge on any atom is -0.465 e. The Morgan fingerprint density at radius 3 is 2.35 bits per heavy atom. The first-order valence-corrected chi connectivity index (χ1v) is 15.7. The lowest BCUT2D eigenvalue weighted by Gasteiger charge is -2.71. The Bertz CT molecular complexity index is 947. The fourth-order valence-electron chi connectivity index (χ4n) is 11.1. The monoisotopic (exact) mass is 512 g/mol. The highest BCUT2D eigenvalue weighted by Crippen LogP contribution is 2.75. The number of fused-ring (bicyclic) bond motifs is 7. The smallest absolute Gasteiger partial charge is 0.312 e. The van der Waals surface area contributed by atoms with Gasteiger partial charge < -0.3 is 9.84 Å². The van der Waals surface area contributed by atoms with Crippen molar-refractivity contribution in [3.63, 3.8) is 0 Å². The van der Waals surface area contributed by atoms with Crippen molar-refractivity contribution in [2.45, 2.75) is 139 Å². The number of carbonyl (C=O) groups is 1. The summed E-state index contributed by atoms with van der Waals surface area (Å²) in [4.78, 5) is 13.8. The summed E-state index contributed by atoms with van der Waals surface area (Å²) in [7, 11) is 0. The van der Waals surface area contributed by atoms with Gasteiger partial charge in [0.05, 0.1) is 18.1 Å². The number of aliphatic hydroxyl groups is 1. The first-order chi connectivity index (χ1) is 17.2. The predicted molar refractivity (Wildman–Crippen MR) is 151 cm³/mol. The van der Waals surface area contributed by atoms with E-state index in [0.717, 1.165) is 64.2 Å². The van der Waals surface area contributed by atoms with Crippen LogP contribution in [-0.4, -0.2) is 23.8 Å². The molecule has 5 aliphatic rings. The molecule has 0 saturated heterocycles. The van der Waals surface area contributed by atoms with E-state index in [1.54, 1.807) is 5.57 Å². The molecule has 0 aromatic heterocycles. The van der Waals surface area contributed by atoms with Gasteiger partial charge in [-0.1, -0.05) is 73.5 Å². The van der Waals surface area contributed by atoms with Crippen molar-refractivity contribution in [1.29, 1.82) is 0 Å². The second-order valence-electron chi connectivity index (χ2n) is 16.2. The van der Waals surface area contributed by atoms with E-state index in [-0.39, 0.29) is 44.6 Å². The van der Waals surface area contributed by atoms with E-state index in [2.05, 4.69) is 61.5 Å². The molecule has 5 rings (SSSR count). The lowest BCUT2D eigenvalue weighted by atomic mass is 9.33. The van der Waals surface area contributed by atoms with Crippen LogP contribution in [0.3, 0.4) is 0 Å². The molecule has 0 amide bonds. The van der Waals surface area contributed by atoms with Crippen LogP contribution >= 0.6 is 0 Å². The van der Waals surface area contributed by atoms with E-state index in [0.29, 0.717) is 24.4 Å². The molecule has 3 heteroatoms. The highest BCUT2D eigenvalue weighted by Gasteiger charge is 2.69. The van der Waals surface area contributed by atoms with Crippen molar-refractivity contribution in [3.05, 3.63) is 11.6 Å². The molecule has 8 atom stereocenters. The van der Waals surface area contributed by atoms with E-state index in [1.165, 1.54) is 12.8 Å². The summed E-state index contributed by atoms with van der Waals surface area (Å²) in [5.41, 5.74) is 2.18. The molecule has 0 heterocycles. The average Bonchev–Trinajstić information content (AvgIpc) is 2.82. The number of ether oxygens (including phenoxy) is 1. The maximum absolute atomic E-state index is 13.8. The van der Waals surface area contributed by atoms with Crippen LogP contribution in [0.5, 0.6) is 0 Å². The van der Waals surface area contributed by atoms with E-state index >= 15 is 0 Å². The van der Waals surface area contributed by atoms with Crippen LogP contribution in [0, 0.1) is 50.2 Å². The molecular formula is C34H56O3. The molecule has 1 unspecified atom stereocenters. The normalized spacial score (nSPS) is 48.0. The number of hydrogen-bond donors (Lipinski definition) is 1. The van der Waals surface area contributed by atoms with Gasteiger partial charge in [-0.15, -0.1) is 0 Å². The zero-order chi connectivity index (χ0) is 27.1. The third kappa shape index (κ3) is 3.78.